The molecule has 0 saturated carbocycles. The third-order valence-corrected chi connectivity index (χ3v) is 6.03. The highest BCUT2D eigenvalue weighted by Crippen LogP contribution is 2.16. The average Bonchev–Trinajstić information content (AvgIpc) is 3.27. The predicted molar refractivity (Wildman–Crippen MR) is 137 cm³/mol. The average molecular weight is 496 g/mol. The minimum atomic E-state index is -0.100. The molecule has 2 aromatic carbocycles. The Hall–Kier alpha value is -3.23. The van der Waals surface area contributed by atoms with Crippen LogP contribution in [0.25, 0.3) is 16.7 Å². The minimum absolute atomic E-state index is 0.0563. The second kappa shape index (κ2) is 11.5. The molecule has 35 heavy (non-hydrogen) atoms. The molecule has 2 heterocycles. The Bertz CT molecular complexity index is 1360. The summed E-state index contributed by atoms with van der Waals surface area (Å²) >= 11 is 5.92. The molecule has 9 heteroatoms. The molecule has 1 N–H and O–H groups in total. The Morgan fingerprint density at radius 1 is 1.09 bits per heavy atom. The number of aryl methyl sites for hydroxylation is 2. The van der Waals surface area contributed by atoms with Gasteiger partial charge in [0.2, 0.25) is 11.7 Å². The Balaban J connectivity index is 1.47. The number of para-hydroxylation sites is 1. The van der Waals surface area contributed by atoms with Gasteiger partial charge in [0.25, 0.3) is 5.56 Å². The fourth-order valence-corrected chi connectivity index (χ4v) is 4.16. The van der Waals surface area contributed by atoms with Gasteiger partial charge in [-0.3, -0.25) is 18.6 Å². The van der Waals surface area contributed by atoms with E-state index in [-0.39, 0.29) is 24.0 Å². The van der Waals surface area contributed by atoms with E-state index in [1.807, 2.05) is 66.8 Å². The summed E-state index contributed by atoms with van der Waals surface area (Å²) in [6, 6.07) is 15.0. The first-order valence-corrected chi connectivity index (χ1v) is 12.3. The second-order valence-corrected chi connectivity index (χ2v) is 9.16. The molecule has 1 amide bonds. The number of rotatable bonds is 11. The number of aromatic nitrogens is 4. The van der Waals surface area contributed by atoms with Crippen molar-refractivity contribution in [1.82, 2.24) is 24.5 Å². The van der Waals surface area contributed by atoms with Crippen molar-refractivity contribution in [2.24, 2.45) is 0 Å². The van der Waals surface area contributed by atoms with Crippen molar-refractivity contribution in [2.75, 3.05) is 13.2 Å². The molecule has 0 atom stereocenters. The zero-order valence-corrected chi connectivity index (χ0v) is 20.8. The lowest BCUT2D eigenvalue weighted by molar-refractivity contribution is -0.121. The molecule has 0 aliphatic carbocycles. The van der Waals surface area contributed by atoms with Crippen LogP contribution in [0.3, 0.4) is 0 Å². The van der Waals surface area contributed by atoms with Crippen molar-refractivity contribution in [2.45, 2.75) is 52.2 Å². The van der Waals surface area contributed by atoms with E-state index in [0.29, 0.717) is 54.5 Å². The Kier molecular flexibility index (Phi) is 8.15. The summed E-state index contributed by atoms with van der Waals surface area (Å²) in [7, 11) is 0. The number of fused-ring (bicyclic) bond motifs is 3. The highest BCUT2D eigenvalue weighted by Gasteiger charge is 2.17. The number of hydrogen-bond donors (Lipinski definition) is 1. The van der Waals surface area contributed by atoms with Gasteiger partial charge in [-0.25, -0.2) is 0 Å². The standard InChI is InChI=1S/C26H30ClN5O3/c1-18(2)35-17-5-16-31-25(34)21-6-3-4-7-22(21)32-23(29-30-26(31)32)12-13-24(33)28-15-14-19-8-10-20(27)11-9-19/h3-4,6-11,18H,5,12-17H2,1-2H3,(H,28,33). The monoisotopic (exact) mass is 495 g/mol. The third-order valence-electron chi connectivity index (χ3n) is 5.78. The van der Waals surface area contributed by atoms with E-state index in [1.165, 1.54) is 0 Å². The van der Waals surface area contributed by atoms with Crippen molar-refractivity contribution in [3.8, 4) is 0 Å². The SMILES string of the molecule is CC(C)OCCCn1c(=O)c2ccccc2n2c(CCC(=O)NCCc3ccc(Cl)cc3)nnc12. The molecule has 0 radical (unpaired) electrons. The lowest BCUT2D eigenvalue weighted by Crippen LogP contribution is -2.26. The van der Waals surface area contributed by atoms with Gasteiger partial charge in [-0.15, -0.1) is 10.2 Å². The third kappa shape index (κ3) is 6.07. The molecule has 0 bridgehead atoms. The van der Waals surface area contributed by atoms with E-state index in [4.69, 9.17) is 16.3 Å². The number of nitrogens with zero attached hydrogens (tertiary/aromatic N) is 4. The molecule has 0 fully saturated rings. The summed E-state index contributed by atoms with van der Waals surface area (Å²) in [6.45, 7) is 5.55. The summed E-state index contributed by atoms with van der Waals surface area (Å²) in [5.74, 6) is 1.08. The topological polar surface area (TPSA) is 90.5 Å². The van der Waals surface area contributed by atoms with E-state index < -0.39 is 0 Å². The summed E-state index contributed by atoms with van der Waals surface area (Å²) in [5.41, 5.74) is 1.75. The van der Waals surface area contributed by atoms with Gasteiger partial charge in [0.15, 0.2) is 0 Å². The maximum absolute atomic E-state index is 13.2. The lowest BCUT2D eigenvalue weighted by atomic mass is 10.1. The van der Waals surface area contributed by atoms with Gasteiger partial charge in [0.1, 0.15) is 5.82 Å². The van der Waals surface area contributed by atoms with Crippen LogP contribution in [0, 0.1) is 0 Å². The Morgan fingerprint density at radius 3 is 2.63 bits per heavy atom. The van der Waals surface area contributed by atoms with Gasteiger partial charge >= 0.3 is 0 Å². The van der Waals surface area contributed by atoms with Gasteiger partial charge < -0.3 is 10.1 Å². The molecule has 0 aliphatic heterocycles. The van der Waals surface area contributed by atoms with Crippen LogP contribution in [0.1, 0.15) is 38.1 Å². The summed E-state index contributed by atoms with van der Waals surface area (Å²) in [6.07, 6.45) is 2.24. The van der Waals surface area contributed by atoms with E-state index in [9.17, 15) is 9.59 Å². The maximum atomic E-state index is 13.2. The zero-order chi connectivity index (χ0) is 24.8. The van der Waals surface area contributed by atoms with Gasteiger partial charge in [0.05, 0.1) is 17.0 Å². The van der Waals surface area contributed by atoms with Crippen molar-refractivity contribution in [3.05, 3.63) is 75.3 Å². The van der Waals surface area contributed by atoms with Crippen LogP contribution in [0.2, 0.25) is 5.02 Å². The molecule has 0 unspecified atom stereocenters. The van der Waals surface area contributed by atoms with Crippen LogP contribution in [-0.4, -0.2) is 44.3 Å². The van der Waals surface area contributed by atoms with Crippen LogP contribution >= 0.6 is 11.6 Å². The summed E-state index contributed by atoms with van der Waals surface area (Å²) < 4.78 is 9.17. The van der Waals surface area contributed by atoms with E-state index in [1.54, 1.807) is 4.57 Å². The number of hydrogen-bond acceptors (Lipinski definition) is 5. The van der Waals surface area contributed by atoms with Crippen LogP contribution < -0.4 is 10.9 Å². The van der Waals surface area contributed by atoms with Gasteiger partial charge in [-0.05, 0) is 56.5 Å². The van der Waals surface area contributed by atoms with Crippen molar-refractivity contribution in [3.63, 3.8) is 0 Å². The molecule has 0 aliphatic rings. The van der Waals surface area contributed by atoms with Gasteiger partial charge in [-0.1, -0.05) is 35.9 Å². The fraction of sp³-hybridized carbons (Fsp3) is 0.385. The molecule has 0 spiro atoms. The predicted octanol–water partition coefficient (Wildman–Crippen LogP) is 3.80. The molecule has 4 aromatic rings. The number of carbonyl (C=O) groups is 1. The van der Waals surface area contributed by atoms with E-state index >= 15 is 0 Å². The Morgan fingerprint density at radius 2 is 1.86 bits per heavy atom. The first-order chi connectivity index (χ1) is 16.9. The first-order valence-electron chi connectivity index (χ1n) is 11.9. The van der Waals surface area contributed by atoms with Gasteiger partial charge in [-0.2, -0.15) is 0 Å². The Labute approximate surface area is 208 Å². The smallest absolute Gasteiger partial charge is 0.262 e. The zero-order valence-electron chi connectivity index (χ0n) is 20.0. The number of benzene rings is 2. The molecule has 184 valence electrons. The largest absolute Gasteiger partial charge is 0.379 e. The highest BCUT2D eigenvalue weighted by molar-refractivity contribution is 6.30. The lowest BCUT2D eigenvalue weighted by Gasteiger charge is -2.12. The van der Waals surface area contributed by atoms with Crippen LogP contribution in [-0.2, 0) is 28.9 Å². The van der Waals surface area contributed by atoms with E-state index in [2.05, 4.69) is 15.5 Å². The van der Waals surface area contributed by atoms with Crippen LogP contribution in [0.15, 0.2) is 53.3 Å². The summed E-state index contributed by atoms with van der Waals surface area (Å²) in [4.78, 5) is 25.6. The second-order valence-electron chi connectivity index (χ2n) is 8.73. The number of amides is 1. The normalized spacial score (nSPS) is 11.5. The number of nitrogens with one attached hydrogen (secondary N) is 1. The van der Waals surface area contributed by atoms with Crippen molar-refractivity contribution < 1.29 is 9.53 Å². The molecule has 2 aromatic heterocycles. The van der Waals surface area contributed by atoms with Gasteiger partial charge in [0, 0.05) is 37.6 Å². The maximum Gasteiger partial charge on any atom is 0.262 e. The summed E-state index contributed by atoms with van der Waals surface area (Å²) in [5, 5.41) is 12.9. The van der Waals surface area contributed by atoms with Crippen molar-refractivity contribution >= 4 is 34.2 Å². The first kappa shape index (κ1) is 24.9. The number of ether oxygens (including phenoxy) is 1. The van der Waals surface area contributed by atoms with E-state index in [0.717, 1.165) is 17.5 Å². The number of carbonyl (C=O) groups excluding carboxylic acids is 1. The fourth-order valence-electron chi connectivity index (χ4n) is 4.03. The molecule has 8 nitrogen and oxygen atoms in total. The van der Waals surface area contributed by atoms with Crippen molar-refractivity contribution in [1.29, 1.82) is 0 Å². The van der Waals surface area contributed by atoms with Crippen LogP contribution in [0.5, 0.6) is 0 Å². The quantitative estimate of drug-likeness (QED) is 0.319. The molecule has 0 saturated heterocycles. The molecular formula is C26H30ClN5O3. The molecular weight excluding hydrogens is 466 g/mol. The highest BCUT2D eigenvalue weighted by atomic mass is 35.5. The minimum Gasteiger partial charge on any atom is -0.379 e. The molecule has 4 rings (SSSR count). The number of halogens is 1. The van der Waals surface area contributed by atoms with Crippen LogP contribution in [0.4, 0.5) is 0 Å².